The van der Waals surface area contributed by atoms with E-state index in [1.54, 1.807) is 0 Å². The second-order valence-electron chi connectivity index (χ2n) is 8.10. The summed E-state index contributed by atoms with van der Waals surface area (Å²) < 4.78 is 5.62. The van der Waals surface area contributed by atoms with Crippen LogP contribution in [-0.4, -0.2) is 15.0 Å². The monoisotopic (exact) mass is 347 g/mol. The number of hydrogen-bond donors (Lipinski definition) is 0. The van der Waals surface area contributed by atoms with Gasteiger partial charge in [-0.05, 0) is 29.2 Å². The quantitative estimate of drug-likeness (QED) is 0.646. The van der Waals surface area contributed by atoms with Crippen molar-refractivity contribution in [2.45, 2.75) is 52.2 Å². The minimum atomic E-state index is -0.112. The first-order valence-electron chi connectivity index (χ1n) is 9.18. The van der Waals surface area contributed by atoms with E-state index in [0.717, 1.165) is 18.9 Å². The van der Waals surface area contributed by atoms with E-state index in [2.05, 4.69) is 91.3 Å². The van der Waals surface area contributed by atoms with Crippen molar-refractivity contribution in [1.82, 2.24) is 15.0 Å². The maximum atomic E-state index is 5.62. The third-order valence-corrected chi connectivity index (χ3v) is 5.09. The van der Waals surface area contributed by atoms with Crippen molar-refractivity contribution in [2.24, 2.45) is 0 Å². The molecule has 0 amide bonds. The lowest BCUT2D eigenvalue weighted by atomic mass is 9.96. The van der Waals surface area contributed by atoms with E-state index in [-0.39, 0.29) is 11.5 Å². The van der Waals surface area contributed by atoms with Crippen molar-refractivity contribution in [2.75, 3.05) is 0 Å². The molecule has 3 aromatic rings. The second-order valence-corrected chi connectivity index (χ2v) is 8.10. The van der Waals surface area contributed by atoms with Crippen molar-refractivity contribution in [3.63, 3.8) is 0 Å². The maximum absolute atomic E-state index is 5.62. The fraction of sp³-hybridized carbons (Fsp3) is 0.364. The summed E-state index contributed by atoms with van der Waals surface area (Å²) in [4.78, 5) is 7.09. The highest BCUT2D eigenvalue weighted by atomic mass is 16.5. The van der Waals surface area contributed by atoms with E-state index >= 15 is 0 Å². The van der Waals surface area contributed by atoms with Gasteiger partial charge in [0.25, 0.3) is 0 Å². The molecule has 0 aliphatic carbocycles. The highest BCUT2D eigenvalue weighted by Gasteiger charge is 2.28. The molecule has 0 saturated heterocycles. The average Bonchev–Trinajstić information content (AvgIpc) is 3.06. The molecular weight excluding hydrogens is 322 g/mol. The van der Waals surface area contributed by atoms with Gasteiger partial charge in [-0.25, -0.2) is 0 Å². The molecule has 4 rings (SSSR count). The lowest BCUT2D eigenvalue weighted by Gasteiger charge is -2.25. The zero-order valence-corrected chi connectivity index (χ0v) is 15.9. The predicted octanol–water partition coefficient (Wildman–Crippen LogP) is 5.11. The van der Waals surface area contributed by atoms with Crippen LogP contribution in [0.3, 0.4) is 0 Å². The summed E-state index contributed by atoms with van der Waals surface area (Å²) in [6.07, 6.45) is 0. The van der Waals surface area contributed by atoms with E-state index in [1.807, 2.05) is 0 Å². The van der Waals surface area contributed by atoms with Gasteiger partial charge in [0.1, 0.15) is 0 Å². The Morgan fingerprint density at radius 3 is 1.96 bits per heavy atom. The molecule has 0 bridgehead atoms. The van der Waals surface area contributed by atoms with Crippen LogP contribution in [-0.2, 0) is 18.5 Å². The number of rotatable bonds is 2. The fourth-order valence-corrected chi connectivity index (χ4v) is 3.47. The summed E-state index contributed by atoms with van der Waals surface area (Å²) in [5.41, 5.74) is 5.19. The molecule has 0 N–H and O–H groups in total. The van der Waals surface area contributed by atoms with Crippen LogP contribution < -0.4 is 0 Å². The Balaban J connectivity index is 1.71. The van der Waals surface area contributed by atoms with Crippen LogP contribution in [0.25, 0.3) is 11.1 Å². The second kappa shape index (κ2) is 6.36. The van der Waals surface area contributed by atoms with Crippen LogP contribution in [0.1, 0.15) is 56.6 Å². The Morgan fingerprint density at radius 1 is 0.923 bits per heavy atom. The molecule has 0 spiro atoms. The Bertz CT molecular complexity index is 875. The molecule has 134 valence electrons. The van der Waals surface area contributed by atoms with Gasteiger partial charge in [-0.15, -0.1) is 0 Å². The number of hydrogen-bond acceptors (Lipinski definition) is 4. The predicted molar refractivity (Wildman–Crippen MR) is 103 cm³/mol. The topological polar surface area (TPSA) is 42.2 Å². The number of benzene rings is 2. The molecule has 2 heterocycles. The zero-order valence-electron chi connectivity index (χ0n) is 15.9. The van der Waals surface area contributed by atoms with Crippen molar-refractivity contribution in [1.29, 1.82) is 0 Å². The smallest absolute Gasteiger partial charge is 0.243 e. The Labute approximate surface area is 154 Å². The van der Waals surface area contributed by atoms with Crippen molar-refractivity contribution >= 4 is 0 Å². The largest absolute Gasteiger partial charge is 0.338 e. The maximum Gasteiger partial charge on any atom is 0.243 e. The van der Waals surface area contributed by atoms with Crippen LogP contribution in [0, 0.1) is 0 Å². The summed E-state index contributed by atoms with van der Waals surface area (Å²) in [7, 11) is 0. The van der Waals surface area contributed by atoms with E-state index < -0.39 is 0 Å². The first-order chi connectivity index (χ1) is 12.4. The van der Waals surface area contributed by atoms with Gasteiger partial charge in [0, 0.05) is 18.5 Å². The fourth-order valence-electron chi connectivity index (χ4n) is 3.47. The van der Waals surface area contributed by atoms with Crippen molar-refractivity contribution in [3.8, 4) is 11.1 Å². The molecule has 0 saturated carbocycles. The summed E-state index contributed by atoms with van der Waals surface area (Å²) in [6.45, 7) is 10.2. The molecule has 0 fully saturated rings. The Morgan fingerprint density at radius 2 is 1.46 bits per heavy atom. The number of aromatic nitrogens is 2. The molecule has 0 radical (unpaired) electrons. The summed E-state index contributed by atoms with van der Waals surface area (Å²) in [5.74, 6) is 1.45. The standard InChI is InChI=1S/C22H25N3O/c1-15(20-23-21(24-26-20)22(2,3)4)25-13-16-9-5-7-11-18(16)19-12-8-6-10-17(19)14-25/h5-12,15H,13-14H2,1-4H3. The lowest BCUT2D eigenvalue weighted by molar-refractivity contribution is 0.158. The highest BCUT2D eigenvalue weighted by Crippen LogP contribution is 2.35. The van der Waals surface area contributed by atoms with E-state index in [1.165, 1.54) is 22.3 Å². The van der Waals surface area contributed by atoms with Gasteiger partial charge in [0.05, 0.1) is 6.04 Å². The van der Waals surface area contributed by atoms with E-state index in [9.17, 15) is 0 Å². The van der Waals surface area contributed by atoms with Crippen molar-refractivity contribution in [3.05, 3.63) is 71.4 Å². The summed E-state index contributed by atoms with van der Waals surface area (Å²) in [6, 6.07) is 17.4. The molecule has 26 heavy (non-hydrogen) atoms. The summed E-state index contributed by atoms with van der Waals surface area (Å²) >= 11 is 0. The van der Waals surface area contributed by atoms with Gasteiger partial charge in [0.15, 0.2) is 5.82 Å². The van der Waals surface area contributed by atoms with Gasteiger partial charge in [-0.1, -0.05) is 74.5 Å². The Hall–Kier alpha value is -2.46. The zero-order chi connectivity index (χ0) is 18.3. The van der Waals surface area contributed by atoms with Gasteiger partial charge in [0.2, 0.25) is 5.89 Å². The normalized spacial score (nSPS) is 15.8. The van der Waals surface area contributed by atoms with Crippen LogP contribution in [0.5, 0.6) is 0 Å². The minimum Gasteiger partial charge on any atom is -0.338 e. The highest BCUT2D eigenvalue weighted by molar-refractivity contribution is 5.71. The average molecular weight is 347 g/mol. The SMILES string of the molecule is CC(c1nc(C(C)(C)C)no1)N1Cc2ccccc2-c2ccccc2C1. The van der Waals surface area contributed by atoms with E-state index in [0.29, 0.717) is 5.89 Å². The minimum absolute atomic E-state index is 0.0535. The molecule has 1 unspecified atom stereocenters. The lowest BCUT2D eigenvalue weighted by Crippen LogP contribution is -2.26. The molecule has 2 aromatic carbocycles. The third kappa shape index (κ3) is 3.06. The van der Waals surface area contributed by atoms with Crippen LogP contribution in [0.15, 0.2) is 53.1 Å². The van der Waals surface area contributed by atoms with Crippen LogP contribution in [0.2, 0.25) is 0 Å². The molecule has 4 nitrogen and oxygen atoms in total. The third-order valence-electron chi connectivity index (χ3n) is 5.09. The molecule has 1 aromatic heterocycles. The van der Waals surface area contributed by atoms with Gasteiger partial charge < -0.3 is 4.52 Å². The first-order valence-corrected chi connectivity index (χ1v) is 9.18. The van der Waals surface area contributed by atoms with Gasteiger partial charge in [-0.3, -0.25) is 4.90 Å². The van der Waals surface area contributed by atoms with Gasteiger partial charge >= 0.3 is 0 Å². The summed E-state index contributed by atoms with van der Waals surface area (Å²) in [5, 5.41) is 4.20. The van der Waals surface area contributed by atoms with Crippen LogP contribution in [0.4, 0.5) is 0 Å². The van der Waals surface area contributed by atoms with E-state index in [4.69, 9.17) is 4.52 Å². The first kappa shape index (κ1) is 17.0. The molecule has 1 atom stereocenters. The van der Waals surface area contributed by atoms with Crippen molar-refractivity contribution < 1.29 is 4.52 Å². The molecular formula is C22H25N3O. The van der Waals surface area contributed by atoms with Gasteiger partial charge in [-0.2, -0.15) is 4.98 Å². The number of nitrogens with zero attached hydrogens (tertiary/aromatic N) is 3. The molecule has 4 heteroatoms. The number of fused-ring (bicyclic) bond motifs is 3. The molecule has 1 aliphatic heterocycles. The Kier molecular flexibility index (Phi) is 4.16. The molecule has 1 aliphatic rings. The van der Waals surface area contributed by atoms with Crippen LogP contribution >= 0.6 is 0 Å².